The number of fused-ring (bicyclic) bond motifs is 5. The fourth-order valence-electron chi connectivity index (χ4n) is 8.45. The van der Waals surface area contributed by atoms with E-state index in [-0.39, 0.29) is 6.10 Å². The summed E-state index contributed by atoms with van der Waals surface area (Å²) in [4.78, 5) is 0. The third-order valence-corrected chi connectivity index (χ3v) is 10.0. The van der Waals surface area contributed by atoms with Crippen LogP contribution >= 0.6 is 0 Å². The summed E-state index contributed by atoms with van der Waals surface area (Å²) in [6, 6.07) is 0. The molecule has 0 aliphatic heterocycles. The van der Waals surface area contributed by atoms with Crippen molar-refractivity contribution in [1.29, 1.82) is 0 Å². The largest absolute Gasteiger partial charge is 0.393 e. The molecule has 3 saturated carbocycles. The summed E-state index contributed by atoms with van der Waals surface area (Å²) >= 11 is 0. The Morgan fingerprint density at radius 3 is 2.68 bits per heavy atom. The molecule has 0 aromatic carbocycles. The molecule has 4 aliphatic rings. The van der Waals surface area contributed by atoms with E-state index in [1.807, 2.05) is 0 Å². The molecule has 0 aromatic heterocycles. The lowest BCUT2D eigenvalue weighted by atomic mass is 9.47. The molecular weight excluding hydrogens is 340 g/mol. The van der Waals surface area contributed by atoms with E-state index in [0.717, 1.165) is 42.4 Å². The highest BCUT2D eigenvalue weighted by atomic mass is 16.3. The summed E-state index contributed by atoms with van der Waals surface area (Å²) in [6.45, 7) is 12.2. The summed E-state index contributed by atoms with van der Waals surface area (Å²) in [5.41, 5.74) is 4.04. The Morgan fingerprint density at radius 1 is 1.14 bits per heavy atom. The van der Waals surface area contributed by atoms with Crippen LogP contribution in [0, 0.1) is 40.4 Å². The first-order valence-corrected chi connectivity index (χ1v) is 12.3. The van der Waals surface area contributed by atoms with Crippen molar-refractivity contribution in [3.63, 3.8) is 0 Å². The first kappa shape index (κ1) is 20.7. The fraction of sp³-hybridized carbons (Fsp3) is 0.852. The maximum atomic E-state index is 10.2. The molecule has 28 heavy (non-hydrogen) atoms. The number of allylic oxidation sites excluding steroid dienone is 3. The first-order valence-electron chi connectivity index (χ1n) is 12.3. The molecule has 158 valence electrons. The average Bonchev–Trinajstić information content (AvgIpc) is 2.99. The number of rotatable bonds is 4. The zero-order valence-electron chi connectivity index (χ0n) is 19.1. The monoisotopic (exact) mass is 384 g/mol. The van der Waals surface area contributed by atoms with E-state index >= 15 is 0 Å². The molecule has 8 atom stereocenters. The zero-order chi connectivity index (χ0) is 20.1. The first-order chi connectivity index (χ1) is 13.3. The van der Waals surface area contributed by atoms with Crippen molar-refractivity contribution < 1.29 is 5.11 Å². The third-order valence-electron chi connectivity index (χ3n) is 10.0. The molecular formula is C27H44O. The molecule has 0 amide bonds. The Morgan fingerprint density at radius 2 is 1.93 bits per heavy atom. The van der Waals surface area contributed by atoms with Crippen molar-refractivity contribution in [1.82, 2.24) is 0 Å². The highest BCUT2D eigenvalue weighted by Gasteiger charge is 2.58. The second-order valence-corrected chi connectivity index (χ2v) is 11.7. The van der Waals surface area contributed by atoms with Crippen LogP contribution in [0.4, 0.5) is 0 Å². The van der Waals surface area contributed by atoms with Crippen LogP contribution in [0.15, 0.2) is 23.3 Å². The minimum absolute atomic E-state index is 0.0813. The molecule has 1 N–H and O–H groups in total. The van der Waals surface area contributed by atoms with Crippen molar-refractivity contribution in [3.8, 4) is 0 Å². The van der Waals surface area contributed by atoms with Gasteiger partial charge >= 0.3 is 0 Å². The Bertz CT molecular complexity index is 641. The van der Waals surface area contributed by atoms with E-state index in [1.165, 1.54) is 56.9 Å². The van der Waals surface area contributed by atoms with Gasteiger partial charge in [0.2, 0.25) is 0 Å². The van der Waals surface area contributed by atoms with E-state index in [1.54, 1.807) is 5.57 Å². The predicted molar refractivity (Wildman–Crippen MR) is 119 cm³/mol. The molecule has 1 nitrogen and oxygen atoms in total. The average molecular weight is 385 g/mol. The van der Waals surface area contributed by atoms with Crippen molar-refractivity contribution in [3.05, 3.63) is 23.3 Å². The Balaban J connectivity index is 1.51. The van der Waals surface area contributed by atoms with Crippen LogP contribution in [0.2, 0.25) is 0 Å². The van der Waals surface area contributed by atoms with Crippen molar-refractivity contribution in [2.45, 2.75) is 105 Å². The number of aliphatic hydroxyl groups is 1. The summed E-state index contributed by atoms with van der Waals surface area (Å²) in [6.07, 6.45) is 17.9. The molecule has 4 rings (SSSR count). The summed E-state index contributed by atoms with van der Waals surface area (Å²) in [7, 11) is 0. The molecule has 0 radical (unpaired) electrons. The SMILES string of the molecule is CC(C)=CCC[C@@H](C)[C@H]1CC[C@@H]2[C@H]3CC=C4C[C@H](O)CC[C@]4(C)[C@@H]3CC[C@@]21C. The Labute approximate surface area is 174 Å². The molecule has 0 aromatic rings. The Kier molecular flexibility index (Phi) is 5.62. The smallest absolute Gasteiger partial charge is 0.0577 e. The second-order valence-electron chi connectivity index (χ2n) is 11.7. The van der Waals surface area contributed by atoms with E-state index in [9.17, 15) is 5.11 Å². The van der Waals surface area contributed by atoms with Gasteiger partial charge in [0.1, 0.15) is 0 Å². The molecule has 0 spiro atoms. The minimum atomic E-state index is -0.0813. The van der Waals surface area contributed by atoms with Crippen molar-refractivity contribution >= 4 is 0 Å². The molecule has 0 bridgehead atoms. The molecule has 0 saturated heterocycles. The second kappa shape index (κ2) is 7.60. The molecule has 0 heterocycles. The van der Waals surface area contributed by atoms with Crippen molar-refractivity contribution in [2.24, 2.45) is 40.4 Å². The lowest BCUT2D eigenvalue weighted by Gasteiger charge is -2.58. The number of hydrogen-bond donors (Lipinski definition) is 1. The van der Waals surface area contributed by atoms with Gasteiger partial charge in [-0.1, -0.05) is 44.1 Å². The highest BCUT2D eigenvalue weighted by Crippen LogP contribution is 2.67. The van der Waals surface area contributed by atoms with Crippen LogP contribution in [0.25, 0.3) is 0 Å². The fourth-order valence-corrected chi connectivity index (χ4v) is 8.45. The quantitative estimate of drug-likeness (QED) is 0.504. The van der Waals surface area contributed by atoms with Crippen LogP contribution < -0.4 is 0 Å². The van der Waals surface area contributed by atoms with Gasteiger partial charge in [-0.15, -0.1) is 0 Å². The molecule has 1 heteroatoms. The van der Waals surface area contributed by atoms with Gasteiger partial charge in [-0.2, -0.15) is 0 Å². The van der Waals surface area contributed by atoms with Gasteiger partial charge < -0.3 is 5.11 Å². The minimum Gasteiger partial charge on any atom is -0.393 e. The summed E-state index contributed by atoms with van der Waals surface area (Å²) in [5.74, 6) is 4.49. The number of hydrogen-bond acceptors (Lipinski definition) is 1. The summed E-state index contributed by atoms with van der Waals surface area (Å²) < 4.78 is 0. The van der Waals surface area contributed by atoms with E-state index in [2.05, 4.69) is 46.8 Å². The van der Waals surface area contributed by atoms with Crippen LogP contribution in [0.3, 0.4) is 0 Å². The van der Waals surface area contributed by atoms with E-state index in [0.29, 0.717) is 10.8 Å². The lowest BCUT2D eigenvalue weighted by molar-refractivity contribution is -0.0571. The van der Waals surface area contributed by atoms with Gasteiger partial charge in [-0.25, -0.2) is 0 Å². The molecule has 0 unspecified atom stereocenters. The normalized spacial score (nSPS) is 46.1. The summed E-state index contributed by atoms with van der Waals surface area (Å²) in [5, 5.41) is 10.2. The highest BCUT2D eigenvalue weighted by molar-refractivity contribution is 5.25. The topological polar surface area (TPSA) is 20.2 Å². The maximum Gasteiger partial charge on any atom is 0.0577 e. The van der Waals surface area contributed by atoms with Gasteiger partial charge in [0, 0.05) is 0 Å². The van der Waals surface area contributed by atoms with Gasteiger partial charge in [-0.05, 0) is 118 Å². The number of aliphatic hydroxyl groups excluding tert-OH is 1. The van der Waals surface area contributed by atoms with Gasteiger partial charge in [-0.3, -0.25) is 0 Å². The Hall–Kier alpha value is -0.560. The van der Waals surface area contributed by atoms with Gasteiger partial charge in [0.15, 0.2) is 0 Å². The van der Waals surface area contributed by atoms with E-state index in [4.69, 9.17) is 0 Å². The lowest BCUT2D eigenvalue weighted by Crippen LogP contribution is -2.50. The zero-order valence-corrected chi connectivity index (χ0v) is 19.1. The van der Waals surface area contributed by atoms with Crippen molar-refractivity contribution in [2.75, 3.05) is 0 Å². The standard InChI is InChI=1S/C27H44O/c1-18(2)7-6-8-19(3)23-11-12-24-22-10-9-20-17-21(28)13-15-26(20,4)25(22)14-16-27(23,24)5/h7,9,19,21-25,28H,6,8,10-17H2,1-5H3/t19-,21-,22-,23-,24-,25-,26+,27-/m1/s1. The van der Waals surface area contributed by atoms with Gasteiger partial charge in [0.25, 0.3) is 0 Å². The maximum absolute atomic E-state index is 10.2. The van der Waals surface area contributed by atoms with Crippen LogP contribution in [-0.4, -0.2) is 11.2 Å². The van der Waals surface area contributed by atoms with Crippen LogP contribution in [0.5, 0.6) is 0 Å². The van der Waals surface area contributed by atoms with E-state index < -0.39 is 0 Å². The predicted octanol–water partition coefficient (Wildman–Crippen LogP) is 7.31. The molecule has 3 fully saturated rings. The molecule has 4 aliphatic carbocycles. The van der Waals surface area contributed by atoms with Crippen LogP contribution in [0.1, 0.15) is 98.8 Å². The van der Waals surface area contributed by atoms with Crippen LogP contribution in [-0.2, 0) is 0 Å². The van der Waals surface area contributed by atoms with Gasteiger partial charge in [0.05, 0.1) is 6.10 Å². The third kappa shape index (κ3) is 3.34.